The van der Waals surface area contributed by atoms with Crippen molar-refractivity contribution in [2.45, 2.75) is 6.92 Å². The van der Waals surface area contributed by atoms with Crippen LogP contribution < -0.4 is 4.52 Å². The van der Waals surface area contributed by atoms with Crippen LogP contribution in [0.15, 0.2) is 36.4 Å². The van der Waals surface area contributed by atoms with E-state index in [1.165, 1.54) is 16.3 Å². The highest BCUT2D eigenvalue weighted by molar-refractivity contribution is 7.10. The van der Waals surface area contributed by atoms with Gasteiger partial charge in [0.15, 0.2) is 0 Å². The number of hydrogen-bond acceptors (Lipinski definition) is 1. The van der Waals surface area contributed by atoms with Gasteiger partial charge in [0.1, 0.15) is 5.75 Å². The van der Waals surface area contributed by atoms with E-state index in [1.807, 2.05) is 6.07 Å². The van der Waals surface area contributed by atoms with E-state index in [0.29, 0.717) is 0 Å². The summed E-state index contributed by atoms with van der Waals surface area (Å²) in [5.41, 5.74) is 1.28. The van der Waals surface area contributed by atoms with Gasteiger partial charge in [0, 0.05) is 0 Å². The topological polar surface area (TPSA) is 9.23 Å². The molecule has 66 valence electrons. The van der Waals surface area contributed by atoms with Crippen LogP contribution in [0.5, 0.6) is 5.75 Å². The molecule has 0 aliphatic carbocycles. The molecule has 2 aromatic carbocycles. The lowest BCUT2D eigenvalue weighted by molar-refractivity contribution is 0.647. The highest BCUT2D eigenvalue weighted by atomic mass is 31.0. The first-order valence-corrected chi connectivity index (χ1v) is 4.64. The molecular formula is C11H11OP. The van der Waals surface area contributed by atoms with Crippen LogP contribution in [0.25, 0.3) is 10.8 Å². The van der Waals surface area contributed by atoms with Crippen molar-refractivity contribution in [1.29, 1.82) is 0 Å². The minimum atomic E-state index is 0.881. The summed E-state index contributed by atoms with van der Waals surface area (Å²) in [7, 11) is 2.26. The fraction of sp³-hybridized carbons (Fsp3) is 0.0909. The SMILES string of the molecule is Cc1cccc2ccc(OP)cc12. The van der Waals surface area contributed by atoms with E-state index in [2.05, 4.69) is 46.7 Å². The smallest absolute Gasteiger partial charge is 0.123 e. The summed E-state index contributed by atoms with van der Waals surface area (Å²) in [4.78, 5) is 0. The second kappa shape index (κ2) is 3.35. The molecule has 0 radical (unpaired) electrons. The molecule has 0 fully saturated rings. The lowest BCUT2D eigenvalue weighted by Gasteiger charge is -2.04. The summed E-state index contributed by atoms with van der Waals surface area (Å²) in [6.45, 7) is 2.11. The molecule has 0 aliphatic rings. The molecule has 13 heavy (non-hydrogen) atoms. The third-order valence-electron chi connectivity index (χ3n) is 2.21. The van der Waals surface area contributed by atoms with Crippen molar-refractivity contribution in [2.24, 2.45) is 0 Å². The molecule has 0 amide bonds. The van der Waals surface area contributed by atoms with Crippen molar-refractivity contribution in [3.8, 4) is 5.75 Å². The minimum absolute atomic E-state index is 0.881. The zero-order valence-electron chi connectivity index (χ0n) is 7.45. The molecule has 0 spiro atoms. The maximum atomic E-state index is 5.09. The maximum Gasteiger partial charge on any atom is 0.123 e. The summed E-state index contributed by atoms with van der Waals surface area (Å²) < 4.78 is 5.09. The first-order valence-electron chi connectivity index (χ1n) is 4.17. The minimum Gasteiger partial charge on any atom is -0.480 e. The largest absolute Gasteiger partial charge is 0.480 e. The summed E-state index contributed by atoms with van der Waals surface area (Å²) >= 11 is 0. The van der Waals surface area contributed by atoms with E-state index in [0.717, 1.165) is 5.75 Å². The lowest BCUT2D eigenvalue weighted by Crippen LogP contribution is -1.79. The zero-order chi connectivity index (χ0) is 9.26. The van der Waals surface area contributed by atoms with Gasteiger partial charge in [-0.15, -0.1) is 0 Å². The standard InChI is InChI=1S/C11H11OP/c1-8-3-2-4-9-5-6-10(12-13)7-11(8)9/h2-7H,13H2,1H3. The van der Waals surface area contributed by atoms with Crippen LogP contribution in [0.4, 0.5) is 0 Å². The molecule has 2 aromatic rings. The Morgan fingerprint density at radius 3 is 2.77 bits per heavy atom. The van der Waals surface area contributed by atoms with Gasteiger partial charge in [0.2, 0.25) is 0 Å². The van der Waals surface area contributed by atoms with Gasteiger partial charge in [-0.05, 0) is 35.4 Å². The van der Waals surface area contributed by atoms with E-state index in [-0.39, 0.29) is 0 Å². The van der Waals surface area contributed by atoms with Gasteiger partial charge < -0.3 is 4.52 Å². The Morgan fingerprint density at radius 1 is 1.15 bits per heavy atom. The van der Waals surface area contributed by atoms with E-state index >= 15 is 0 Å². The van der Waals surface area contributed by atoms with E-state index in [1.54, 1.807) is 0 Å². The van der Waals surface area contributed by atoms with Crippen molar-refractivity contribution < 1.29 is 4.52 Å². The van der Waals surface area contributed by atoms with Crippen molar-refractivity contribution >= 4 is 20.2 Å². The molecular weight excluding hydrogens is 179 g/mol. The van der Waals surface area contributed by atoms with Crippen molar-refractivity contribution in [2.75, 3.05) is 0 Å². The van der Waals surface area contributed by atoms with Gasteiger partial charge >= 0.3 is 0 Å². The van der Waals surface area contributed by atoms with Crippen LogP contribution in [0.3, 0.4) is 0 Å². The normalized spacial score (nSPS) is 10.3. The third kappa shape index (κ3) is 1.52. The Hall–Kier alpha value is -1.07. The van der Waals surface area contributed by atoms with Crippen molar-refractivity contribution in [1.82, 2.24) is 0 Å². The highest BCUT2D eigenvalue weighted by Crippen LogP contribution is 2.24. The average Bonchev–Trinajstić information content (AvgIpc) is 2.18. The Morgan fingerprint density at radius 2 is 2.00 bits per heavy atom. The molecule has 0 heterocycles. The summed E-state index contributed by atoms with van der Waals surface area (Å²) in [6.07, 6.45) is 0. The lowest BCUT2D eigenvalue weighted by atomic mass is 10.1. The molecule has 0 bridgehead atoms. The first kappa shape index (κ1) is 8.52. The number of benzene rings is 2. The number of rotatable bonds is 1. The second-order valence-corrected chi connectivity index (χ2v) is 3.31. The number of aryl methyl sites for hydroxylation is 1. The maximum absolute atomic E-state index is 5.09. The van der Waals surface area contributed by atoms with E-state index in [4.69, 9.17) is 4.52 Å². The van der Waals surface area contributed by atoms with Crippen LogP contribution in [-0.4, -0.2) is 0 Å². The second-order valence-electron chi connectivity index (χ2n) is 3.08. The number of fused-ring (bicyclic) bond motifs is 1. The van der Waals surface area contributed by atoms with Crippen LogP contribution in [-0.2, 0) is 0 Å². The molecule has 2 heteroatoms. The fourth-order valence-corrected chi connectivity index (χ4v) is 1.63. The first-order chi connectivity index (χ1) is 6.31. The van der Waals surface area contributed by atoms with Crippen LogP contribution in [0, 0.1) is 6.92 Å². The van der Waals surface area contributed by atoms with Gasteiger partial charge in [0.05, 0.1) is 9.47 Å². The predicted octanol–water partition coefficient (Wildman–Crippen LogP) is 3.32. The van der Waals surface area contributed by atoms with Crippen molar-refractivity contribution in [3.63, 3.8) is 0 Å². The van der Waals surface area contributed by atoms with Gasteiger partial charge in [-0.25, -0.2) is 0 Å². The molecule has 1 nitrogen and oxygen atoms in total. The average molecular weight is 190 g/mol. The summed E-state index contributed by atoms with van der Waals surface area (Å²) in [6, 6.07) is 12.4. The van der Waals surface area contributed by atoms with Crippen LogP contribution in [0.2, 0.25) is 0 Å². The molecule has 1 atom stereocenters. The van der Waals surface area contributed by atoms with E-state index < -0.39 is 0 Å². The summed E-state index contributed by atoms with van der Waals surface area (Å²) in [5, 5.41) is 2.51. The monoisotopic (exact) mass is 190 g/mol. The molecule has 0 aliphatic heterocycles. The molecule has 0 saturated heterocycles. The van der Waals surface area contributed by atoms with Crippen LogP contribution in [0.1, 0.15) is 5.56 Å². The Bertz CT molecular complexity index is 437. The highest BCUT2D eigenvalue weighted by Gasteiger charge is 1.97. The van der Waals surface area contributed by atoms with Gasteiger partial charge in [0.25, 0.3) is 0 Å². The molecule has 0 aromatic heterocycles. The van der Waals surface area contributed by atoms with Crippen molar-refractivity contribution in [3.05, 3.63) is 42.0 Å². The summed E-state index contributed by atoms with van der Waals surface area (Å²) in [5.74, 6) is 0.881. The van der Waals surface area contributed by atoms with Gasteiger partial charge in [-0.1, -0.05) is 24.3 Å². The van der Waals surface area contributed by atoms with Gasteiger partial charge in [-0.2, -0.15) is 0 Å². The third-order valence-corrected chi connectivity index (χ3v) is 2.48. The van der Waals surface area contributed by atoms with Gasteiger partial charge in [-0.3, -0.25) is 0 Å². The molecule has 1 unspecified atom stereocenters. The quantitative estimate of drug-likeness (QED) is 0.627. The predicted molar refractivity (Wildman–Crippen MR) is 59.0 cm³/mol. The Kier molecular flexibility index (Phi) is 2.20. The Balaban J connectivity index is 2.74. The van der Waals surface area contributed by atoms with E-state index in [9.17, 15) is 0 Å². The molecule has 0 N–H and O–H groups in total. The number of hydrogen-bond donors (Lipinski definition) is 0. The molecule has 0 saturated carbocycles. The molecule has 2 rings (SSSR count). The van der Waals surface area contributed by atoms with Crippen LogP contribution >= 0.6 is 9.47 Å². The zero-order valence-corrected chi connectivity index (χ0v) is 8.60. The fourth-order valence-electron chi connectivity index (χ4n) is 1.48. The Labute approximate surface area is 80.0 Å².